The number of nitrogens with one attached hydrogen (secondary N) is 2. The summed E-state index contributed by atoms with van der Waals surface area (Å²) in [5.41, 5.74) is 0.500. The Balaban J connectivity index is 1.40. The molecule has 1 atom stereocenters. The molecule has 9 heteroatoms. The summed E-state index contributed by atoms with van der Waals surface area (Å²) in [6.07, 6.45) is 4.40. The van der Waals surface area contributed by atoms with E-state index >= 15 is 0 Å². The standard InChI is InChI=1S/C29H36ClN3O5/c1-21-27(35)31-16-19-37-25-8-3-2-6-22(25)7-4-5-13-29(28(36)32-21)14-17-33(18-15-29)26(34)20-38-24-11-9-23(30)10-12-24/h2-3,6,8-12,21H,4-5,7,13-20H2,1H3,(H,31,35)(H,32,36)/t21-/m0/s1. The normalized spacial score (nSPS) is 20.7. The van der Waals surface area contributed by atoms with Crippen LogP contribution in [-0.4, -0.2) is 61.5 Å². The predicted molar refractivity (Wildman–Crippen MR) is 145 cm³/mol. The highest BCUT2D eigenvalue weighted by Gasteiger charge is 2.42. The number of aryl methyl sites for hydroxylation is 1. The maximum Gasteiger partial charge on any atom is 0.260 e. The monoisotopic (exact) mass is 541 g/mol. The van der Waals surface area contributed by atoms with Crippen LogP contribution in [0.15, 0.2) is 48.5 Å². The summed E-state index contributed by atoms with van der Waals surface area (Å²) < 4.78 is 11.5. The molecule has 1 spiro atoms. The summed E-state index contributed by atoms with van der Waals surface area (Å²) in [5.74, 6) is 0.943. The van der Waals surface area contributed by atoms with Crippen LogP contribution in [0.3, 0.4) is 0 Å². The second kappa shape index (κ2) is 13.0. The molecule has 2 heterocycles. The first-order valence-electron chi connectivity index (χ1n) is 13.3. The molecule has 2 aliphatic rings. The van der Waals surface area contributed by atoms with Crippen LogP contribution in [0, 0.1) is 5.41 Å². The van der Waals surface area contributed by atoms with Crippen molar-refractivity contribution in [2.24, 2.45) is 5.41 Å². The Hall–Kier alpha value is -3.26. The van der Waals surface area contributed by atoms with E-state index in [1.165, 1.54) is 0 Å². The highest BCUT2D eigenvalue weighted by atomic mass is 35.5. The predicted octanol–water partition coefficient (Wildman–Crippen LogP) is 3.75. The minimum atomic E-state index is -0.663. The molecular weight excluding hydrogens is 506 g/mol. The van der Waals surface area contributed by atoms with Gasteiger partial charge in [-0.15, -0.1) is 0 Å². The molecule has 0 saturated carbocycles. The molecule has 8 nitrogen and oxygen atoms in total. The lowest BCUT2D eigenvalue weighted by atomic mass is 9.73. The number of rotatable bonds is 3. The van der Waals surface area contributed by atoms with Gasteiger partial charge in [0, 0.05) is 18.1 Å². The van der Waals surface area contributed by atoms with E-state index in [0.29, 0.717) is 56.3 Å². The zero-order valence-corrected chi connectivity index (χ0v) is 22.6. The molecule has 0 aliphatic carbocycles. The van der Waals surface area contributed by atoms with E-state index < -0.39 is 11.5 Å². The summed E-state index contributed by atoms with van der Waals surface area (Å²) in [7, 11) is 0. The highest BCUT2D eigenvalue weighted by Crippen LogP contribution is 2.38. The van der Waals surface area contributed by atoms with Crippen molar-refractivity contribution in [3.8, 4) is 11.5 Å². The first-order chi connectivity index (χ1) is 18.4. The van der Waals surface area contributed by atoms with Crippen LogP contribution < -0.4 is 20.1 Å². The van der Waals surface area contributed by atoms with Crippen molar-refractivity contribution in [1.82, 2.24) is 15.5 Å². The fourth-order valence-corrected chi connectivity index (χ4v) is 5.20. The SMILES string of the molecule is C[C@@H]1NC(=O)C2(CCCCc3ccccc3OCCNC1=O)CCN(C(=O)COc1ccc(Cl)cc1)CC2. The van der Waals surface area contributed by atoms with Gasteiger partial charge in [0.15, 0.2) is 6.61 Å². The van der Waals surface area contributed by atoms with Gasteiger partial charge in [-0.3, -0.25) is 14.4 Å². The smallest absolute Gasteiger partial charge is 0.260 e. The van der Waals surface area contributed by atoms with Crippen molar-refractivity contribution in [1.29, 1.82) is 0 Å². The van der Waals surface area contributed by atoms with Gasteiger partial charge in [0.05, 0.1) is 12.0 Å². The molecule has 204 valence electrons. The lowest BCUT2D eigenvalue weighted by Gasteiger charge is -2.41. The average Bonchev–Trinajstić information content (AvgIpc) is 2.93. The van der Waals surface area contributed by atoms with Crippen LogP contribution in [0.2, 0.25) is 5.02 Å². The number of hydrogen-bond donors (Lipinski definition) is 2. The summed E-state index contributed by atoms with van der Waals surface area (Å²) >= 11 is 5.91. The quantitative estimate of drug-likeness (QED) is 0.617. The van der Waals surface area contributed by atoms with E-state index in [4.69, 9.17) is 21.1 Å². The zero-order chi connectivity index (χ0) is 27.0. The molecule has 4 rings (SSSR count). The van der Waals surface area contributed by atoms with E-state index in [9.17, 15) is 14.4 Å². The van der Waals surface area contributed by atoms with Gasteiger partial charge in [-0.2, -0.15) is 0 Å². The Morgan fingerprint density at radius 1 is 1.08 bits per heavy atom. The zero-order valence-electron chi connectivity index (χ0n) is 21.8. The van der Waals surface area contributed by atoms with Gasteiger partial charge >= 0.3 is 0 Å². The van der Waals surface area contributed by atoms with Gasteiger partial charge < -0.3 is 25.0 Å². The van der Waals surface area contributed by atoms with E-state index in [0.717, 1.165) is 30.6 Å². The number of hydrogen-bond acceptors (Lipinski definition) is 5. The van der Waals surface area contributed by atoms with E-state index in [1.54, 1.807) is 36.1 Å². The third-order valence-electron chi connectivity index (χ3n) is 7.45. The summed E-state index contributed by atoms with van der Waals surface area (Å²) in [4.78, 5) is 40.7. The van der Waals surface area contributed by atoms with Crippen LogP contribution in [0.4, 0.5) is 0 Å². The van der Waals surface area contributed by atoms with Gasteiger partial charge in [0.1, 0.15) is 24.1 Å². The van der Waals surface area contributed by atoms with Crippen LogP contribution in [0.5, 0.6) is 11.5 Å². The maximum atomic E-state index is 13.5. The molecule has 3 amide bonds. The van der Waals surface area contributed by atoms with E-state index in [2.05, 4.69) is 16.7 Å². The summed E-state index contributed by atoms with van der Waals surface area (Å²) in [6, 6.07) is 14.2. The van der Waals surface area contributed by atoms with Crippen molar-refractivity contribution in [3.63, 3.8) is 0 Å². The molecule has 2 aromatic rings. The second-order valence-electron chi connectivity index (χ2n) is 10.1. The molecule has 1 saturated heterocycles. The molecule has 0 aromatic heterocycles. The maximum absolute atomic E-state index is 13.5. The number of carbonyl (C=O) groups is 3. The molecular formula is C29H36ClN3O5. The van der Waals surface area contributed by atoms with Crippen LogP contribution >= 0.6 is 11.6 Å². The Morgan fingerprint density at radius 3 is 2.58 bits per heavy atom. The Bertz CT molecular complexity index is 1120. The Kier molecular flexibility index (Phi) is 9.50. The number of amides is 3. The fraction of sp³-hybridized carbons (Fsp3) is 0.483. The van der Waals surface area contributed by atoms with E-state index in [1.807, 2.05) is 18.2 Å². The molecule has 0 radical (unpaired) electrons. The van der Waals surface area contributed by atoms with Gasteiger partial charge in [0.2, 0.25) is 11.8 Å². The molecule has 1 fully saturated rings. The number of nitrogens with zero attached hydrogens (tertiary/aromatic N) is 1. The summed E-state index contributed by atoms with van der Waals surface area (Å²) in [6.45, 7) is 3.27. The van der Waals surface area contributed by atoms with Crippen molar-refractivity contribution in [2.75, 3.05) is 32.8 Å². The molecule has 38 heavy (non-hydrogen) atoms. The summed E-state index contributed by atoms with van der Waals surface area (Å²) in [5, 5.41) is 6.39. The number of ether oxygens (including phenoxy) is 2. The fourth-order valence-electron chi connectivity index (χ4n) is 5.08. The van der Waals surface area contributed by atoms with Crippen LogP contribution in [0.25, 0.3) is 0 Å². The largest absolute Gasteiger partial charge is 0.491 e. The molecule has 2 aromatic carbocycles. The van der Waals surface area contributed by atoms with Crippen molar-refractivity contribution >= 4 is 29.3 Å². The molecule has 0 bridgehead atoms. The van der Waals surface area contributed by atoms with Gasteiger partial charge in [-0.1, -0.05) is 36.2 Å². The van der Waals surface area contributed by atoms with Crippen LogP contribution in [0.1, 0.15) is 44.6 Å². The number of fused-ring (bicyclic) bond motifs is 1. The van der Waals surface area contributed by atoms with Crippen molar-refractivity contribution < 1.29 is 23.9 Å². The first-order valence-corrected chi connectivity index (χ1v) is 13.7. The number of likely N-dealkylation sites (tertiary alicyclic amines) is 1. The number of para-hydroxylation sites is 1. The first kappa shape index (κ1) is 27.8. The van der Waals surface area contributed by atoms with Crippen LogP contribution in [-0.2, 0) is 20.8 Å². The van der Waals surface area contributed by atoms with Gasteiger partial charge in [0.25, 0.3) is 5.91 Å². The van der Waals surface area contributed by atoms with E-state index in [-0.39, 0.29) is 24.3 Å². The number of halogens is 1. The lowest BCUT2D eigenvalue weighted by Crippen LogP contribution is -2.54. The third kappa shape index (κ3) is 7.19. The number of carbonyl (C=O) groups excluding carboxylic acids is 3. The Morgan fingerprint density at radius 2 is 1.82 bits per heavy atom. The van der Waals surface area contributed by atoms with Gasteiger partial charge in [-0.25, -0.2) is 0 Å². The minimum Gasteiger partial charge on any atom is -0.491 e. The third-order valence-corrected chi connectivity index (χ3v) is 7.71. The Labute approximate surface area is 229 Å². The topological polar surface area (TPSA) is 97.0 Å². The van der Waals surface area contributed by atoms with Crippen molar-refractivity contribution in [2.45, 2.75) is 51.5 Å². The number of piperidine rings is 1. The van der Waals surface area contributed by atoms with Crippen molar-refractivity contribution in [3.05, 3.63) is 59.1 Å². The second-order valence-corrected chi connectivity index (χ2v) is 10.5. The molecule has 2 N–H and O–H groups in total. The molecule has 0 unspecified atom stereocenters. The highest BCUT2D eigenvalue weighted by molar-refractivity contribution is 6.30. The lowest BCUT2D eigenvalue weighted by molar-refractivity contribution is -0.143. The average molecular weight is 542 g/mol. The van der Waals surface area contributed by atoms with Gasteiger partial charge in [-0.05, 0) is 74.9 Å². The molecule has 2 aliphatic heterocycles. The number of benzene rings is 2. The minimum absolute atomic E-state index is 0.0699.